The van der Waals surface area contributed by atoms with E-state index in [0.29, 0.717) is 23.9 Å². The second kappa shape index (κ2) is 5.64. The molecule has 0 spiro atoms. The van der Waals surface area contributed by atoms with Gasteiger partial charge in [0.15, 0.2) is 0 Å². The minimum Gasteiger partial charge on any atom is -0.491 e. The predicted octanol–water partition coefficient (Wildman–Crippen LogP) is 2.19. The van der Waals surface area contributed by atoms with Gasteiger partial charge in [0.05, 0.1) is 6.10 Å². The zero-order valence-electron chi connectivity index (χ0n) is 10.5. The molecule has 0 radical (unpaired) electrons. The van der Waals surface area contributed by atoms with E-state index in [1.165, 1.54) is 0 Å². The average Bonchev–Trinajstić information content (AvgIpc) is 2.83. The van der Waals surface area contributed by atoms with Crippen LogP contribution in [0.1, 0.15) is 19.2 Å². The van der Waals surface area contributed by atoms with E-state index in [2.05, 4.69) is 10.1 Å². The van der Waals surface area contributed by atoms with E-state index >= 15 is 0 Å². The molecule has 0 aliphatic heterocycles. The van der Waals surface area contributed by atoms with Gasteiger partial charge in [0.25, 0.3) is 0 Å². The number of aromatic nitrogens is 2. The molecule has 18 heavy (non-hydrogen) atoms. The molecule has 1 atom stereocenters. The first-order chi connectivity index (χ1) is 8.69. The Morgan fingerprint density at radius 3 is 2.94 bits per heavy atom. The summed E-state index contributed by atoms with van der Waals surface area (Å²) in [6.07, 6.45) is 0.227. The van der Waals surface area contributed by atoms with Crippen LogP contribution in [0.5, 0.6) is 5.75 Å². The first-order valence-electron chi connectivity index (χ1n) is 5.90. The van der Waals surface area contributed by atoms with E-state index in [1.54, 1.807) is 6.92 Å². The van der Waals surface area contributed by atoms with Crippen LogP contribution >= 0.6 is 0 Å². The Labute approximate surface area is 105 Å². The highest BCUT2D eigenvalue weighted by molar-refractivity contribution is 5.56. The minimum atomic E-state index is -0.443. The fraction of sp³-hybridized carbons (Fsp3) is 0.385. The summed E-state index contributed by atoms with van der Waals surface area (Å²) in [5, 5.41) is 13.3. The number of aliphatic hydroxyl groups excluding tert-OH is 1. The molecule has 0 bridgehead atoms. The number of aryl methyl sites for hydroxylation is 1. The van der Waals surface area contributed by atoms with E-state index in [1.807, 2.05) is 31.2 Å². The lowest BCUT2D eigenvalue weighted by molar-refractivity contribution is 0.104. The number of nitrogens with zero attached hydrogens (tertiary/aromatic N) is 2. The largest absolute Gasteiger partial charge is 0.491 e. The van der Waals surface area contributed by atoms with Gasteiger partial charge in [0, 0.05) is 12.5 Å². The van der Waals surface area contributed by atoms with Gasteiger partial charge in [-0.1, -0.05) is 24.2 Å². The summed E-state index contributed by atoms with van der Waals surface area (Å²) in [6, 6.07) is 7.40. The molecule has 0 saturated carbocycles. The van der Waals surface area contributed by atoms with E-state index in [4.69, 9.17) is 9.26 Å². The highest BCUT2D eigenvalue weighted by Gasteiger charge is 2.07. The highest BCUT2D eigenvalue weighted by atomic mass is 16.5. The molecule has 1 aromatic carbocycles. The molecule has 0 saturated heterocycles. The zero-order chi connectivity index (χ0) is 13.0. The lowest BCUT2D eigenvalue weighted by Crippen LogP contribution is -2.15. The van der Waals surface area contributed by atoms with Crippen LogP contribution < -0.4 is 4.74 Å². The summed E-state index contributed by atoms with van der Waals surface area (Å²) in [5.74, 6) is 1.74. The molecule has 5 nitrogen and oxygen atoms in total. The van der Waals surface area contributed by atoms with Crippen molar-refractivity contribution < 1.29 is 14.4 Å². The summed E-state index contributed by atoms with van der Waals surface area (Å²) >= 11 is 0. The van der Waals surface area contributed by atoms with E-state index in [-0.39, 0.29) is 6.61 Å². The zero-order valence-corrected chi connectivity index (χ0v) is 10.5. The van der Waals surface area contributed by atoms with Gasteiger partial charge in [-0.2, -0.15) is 4.98 Å². The van der Waals surface area contributed by atoms with Crippen LogP contribution in [0, 0.1) is 6.92 Å². The van der Waals surface area contributed by atoms with E-state index in [9.17, 15) is 5.11 Å². The second-order valence-corrected chi connectivity index (χ2v) is 4.04. The third kappa shape index (κ3) is 3.07. The van der Waals surface area contributed by atoms with Crippen molar-refractivity contribution >= 4 is 0 Å². The topological polar surface area (TPSA) is 68.4 Å². The summed E-state index contributed by atoms with van der Waals surface area (Å²) in [4.78, 5) is 4.15. The van der Waals surface area contributed by atoms with Gasteiger partial charge in [0.2, 0.25) is 11.7 Å². The molecule has 0 unspecified atom stereocenters. The predicted molar refractivity (Wildman–Crippen MR) is 66.3 cm³/mol. The molecule has 0 amide bonds. The smallest absolute Gasteiger partial charge is 0.223 e. The van der Waals surface area contributed by atoms with Gasteiger partial charge < -0.3 is 14.4 Å². The number of benzene rings is 1. The fourth-order valence-corrected chi connectivity index (χ4v) is 1.45. The van der Waals surface area contributed by atoms with Gasteiger partial charge in [-0.3, -0.25) is 0 Å². The number of hydrogen-bond acceptors (Lipinski definition) is 5. The maximum absolute atomic E-state index is 9.44. The Morgan fingerprint density at radius 2 is 2.28 bits per heavy atom. The van der Waals surface area contributed by atoms with Gasteiger partial charge >= 0.3 is 0 Å². The van der Waals surface area contributed by atoms with Crippen LogP contribution in [-0.4, -0.2) is 28.0 Å². The summed E-state index contributed by atoms with van der Waals surface area (Å²) in [7, 11) is 0. The molecular formula is C13H16N2O3. The number of aliphatic hydroxyl groups is 1. The first-order valence-corrected chi connectivity index (χ1v) is 5.90. The van der Waals surface area contributed by atoms with Gasteiger partial charge in [-0.25, -0.2) is 0 Å². The molecule has 2 aromatic rings. The van der Waals surface area contributed by atoms with Crippen molar-refractivity contribution in [2.24, 2.45) is 0 Å². The second-order valence-electron chi connectivity index (χ2n) is 4.04. The van der Waals surface area contributed by atoms with Crippen LogP contribution in [0.3, 0.4) is 0 Å². The van der Waals surface area contributed by atoms with Crippen LogP contribution in [-0.2, 0) is 0 Å². The molecule has 5 heteroatoms. The first kappa shape index (κ1) is 12.6. The van der Waals surface area contributed by atoms with Gasteiger partial charge in [-0.15, -0.1) is 0 Å². The average molecular weight is 248 g/mol. The van der Waals surface area contributed by atoms with E-state index in [0.717, 1.165) is 5.56 Å². The Hall–Kier alpha value is -1.88. The summed E-state index contributed by atoms with van der Waals surface area (Å²) in [6.45, 7) is 3.94. The molecule has 1 heterocycles. The monoisotopic (exact) mass is 248 g/mol. The molecule has 96 valence electrons. The normalized spacial score (nSPS) is 12.4. The number of ether oxygens (including phenoxy) is 1. The molecular weight excluding hydrogens is 232 g/mol. The van der Waals surface area contributed by atoms with Crippen molar-refractivity contribution in [3.8, 4) is 17.1 Å². The van der Waals surface area contributed by atoms with Crippen LogP contribution in [0.2, 0.25) is 0 Å². The Morgan fingerprint density at radius 1 is 1.44 bits per heavy atom. The maximum atomic E-state index is 9.44. The van der Waals surface area contributed by atoms with Crippen molar-refractivity contribution in [3.63, 3.8) is 0 Å². The van der Waals surface area contributed by atoms with Crippen molar-refractivity contribution in [1.29, 1.82) is 0 Å². The summed E-state index contributed by atoms with van der Waals surface area (Å²) in [5.41, 5.74) is 0.829. The number of hydrogen-bond donors (Lipinski definition) is 1. The van der Waals surface area contributed by atoms with Crippen molar-refractivity contribution in [2.75, 3.05) is 6.61 Å². The fourth-order valence-electron chi connectivity index (χ4n) is 1.45. The van der Waals surface area contributed by atoms with Gasteiger partial charge in [0.1, 0.15) is 12.4 Å². The quantitative estimate of drug-likeness (QED) is 0.878. The molecule has 0 aliphatic rings. The van der Waals surface area contributed by atoms with Crippen molar-refractivity contribution in [1.82, 2.24) is 10.1 Å². The van der Waals surface area contributed by atoms with Crippen LogP contribution in [0.25, 0.3) is 11.4 Å². The van der Waals surface area contributed by atoms with Crippen LogP contribution in [0.4, 0.5) is 0 Å². The van der Waals surface area contributed by atoms with Gasteiger partial charge in [-0.05, 0) is 18.6 Å². The third-order valence-corrected chi connectivity index (χ3v) is 2.53. The molecule has 2 rings (SSSR count). The lowest BCUT2D eigenvalue weighted by atomic mass is 10.2. The summed E-state index contributed by atoms with van der Waals surface area (Å²) < 4.78 is 10.4. The molecule has 0 fully saturated rings. The maximum Gasteiger partial charge on any atom is 0.223 e. The Bertz CT molecular complexity index is 510. The third-order valence-electron chi connectivity index (χ3n) is 2.53. The standard InChI is InChI=1S/C13H16N2O3/c1-3-11(16)8-17-12-6-4-5-10(7-12)13-14-9(2)18-15-13/h4-7,11,16H,3,8H2,1-2H3/t11-/m0/s1. The van der Waals surface area contributed by atoms with Crippen LogP contribution in [0.15, 0.2) is 28.8 Å². The lowest BCUT2D eigenvalue weighted by Gasteiger charge is -2.10. The molecule has 1 aromatic heterocycles. The minimum absolute atomic E-state index is 0.283. The van der Waals surface area contributed by atoms with Crippen molar-refractivity contribution in [3.05, 3.63) is 30.2 Å². The SMILES string of the molecule is CC[C@H](O)COc1cccc(-c2noc(C)n2)c1. The van der Waals surface area contributed by atoms with Crippen molar-refractivity contribution in [2.45, 2.75) is 26.4 Å². The van der Waals surface area contributed by atoms with E-state index < -0.39 is 6.10 Å². The Balaban J connectivity index is 2.10. The Kier molecular flexibility index (Phi) is 3.94. The highest BCUT2D eigenvalue weighted by Crippen LogP contribution is 2.21. The molecule has 0 aliphatic carbocycles. The molecule has 1 N–H and O–H groups in total. The number of rotatable bonds is 5.